The highest BCUT2D eigenvalue weighted by molar-refractivity contribution is 6.04. The zero-order chi connectivity index (χ0) is 19.4. The maximum absolute atomic E-state index is 6.04. The molecule has 0 aromatic heterocycles. The molecule has 5 rings (SSSR count). The van der Waals surface area contributed by atoms with E-state index in [9.17, 15) is 0 Å². The predicted molar refractivity (Wildman–Crippen MR) is 115 cm³/mol. The summed E-state index contributed by atoms with van der Waals surface area (Å²) in [5.74, 6) is 11.5. The molecular formula is C28H12. The van der Waals surface area contributed by atoms with Gasteiger partial charge in [-0.25, -0.2) is 0 Å². The molecule has 124 valence electrons. The van der Waals surface area contributed by atoms with Crippen molar-refractivity contribution in [3.8, 4) is 71.6 Å². The van der Waals surface area contributed by atoms with Crippen LogP contribution in [0.5, 0.6) is 0 Å². The van der Waals surface area contributed by atoms with Gasteiger partial charge in [0.25, 0.3) is 0 Å². The standard InChI is InChI=1S/C28H12/c1-5-17-21-13-9-11-15-23(21)27-20(8-4)26-18(6-2)22-14-10-12-16-24(22)28(26)19(7-3)25(17)27/h1-4,9-16H. The quantitative estimate of drug-likeness (QED) is 0.547. The van der Waals surface area contributed by atoms with Crippen LogP contribution in [0.25, 0.3) is 33.4 Å². The van der Waals surface area contributed by atoms with Gasteiger partial charge in [-0.1, -0.05) is 72.2 Å². The molecule has 0 aliphatic heterocycles. The fourth-order valence-corrected chi connectivity index (χ4v) is 4.48. The molecule has 0 bridgehead atoms. The maximum Gasteiger partial charge on any atom is 0.0420 e. The maximum atomic E-state index is 6.04. The van der Waals surface area contributed by atoms with Crippen LogP contribution < -0.4 is 10.4 Å². The molecule has 0 radical (unpaired) electrons. The highest BCUT2D eigenvalue weighted by atomic mass is 14.3. The zero-order valence-electron chi connectivity index (χ0n) is 14.9. The summed E-state index contributed by atoms with van der Waals surface area (Å²) >= 11 is 0. The summed E-state index contributed by atoms with van der Waals surface area (Å²) in [5, 5.41) is 1.73. The minimum absolute atomic E-state index is 0.755. The lowest BCUT2D eigenvalue weighted by Gasteiger charge is -2.10. The first kappa shape index (κ1) is 15.9. The molecule has 3 aromatic rings. The topological polar surface area (TPSA) is 0 Å². The van der Waals surface area contributed by atoms with Crippen molar-refractivity contribution >= 4 is 11.1 Å². The van der Waals surface area contributed by atoms with E-state index in [2.05, 4.69) is 23.7 Å². The molecule has 0 amide bonds. The molecule has 0 saturated heterocycles. The second kappa shape index (κ2) is 5.57. The molecule has 0 N–H and O–H groups in total. The van der Waals surface area contributed by atoms with Gasteiger partial charge < -0.3 is 0 Å². The van der Waals surface area contributed by atoms with Crippen molar-refractivity contribution in [3.05, 3.63) is 81.2 Å². The van der Waals surface area contributed by atoms with Gasteiger partial charge >= 0.3 is 0 Å². The summed E-state index contributed by atoms with van der Waals surface area (Å²) in [6, 6.07) is 16.0. The van der Waals surface area contributed by atoms with Crippen LogP contribution >= 0.6 is 0 Å². The van der Waals surface area contributed by atoms with E-state index in [1.165, 1.54) is 0 Å². The van der Waals surface area contributed by atoms with Crippen LogP contribution in [0.15, 0.2) is 48.5 Å². The van der Waals surface area contributed by atoms with Gasteiger partial charge in [0.1, 0.15) is 0 Å². The number of hydrogen-bond acceptors (Lipinski definition) is 0. The van der Waals surface area contributed by atoms with E-state index in [1.807, 2.05) is 48.5 Å². The van der Waals surface area contributed by atoms with E-state index in [0.29, 0.717) is 0 Å². The third-order valence-electron chi connectivity index (χ3n) is 5.51. The number of rotatable bonds is 0. The molecule has 0 unspecified atom stereocenters. The summed E-state index contributed by atoms with van der Waals surface area (Å²) < 4.78 is 0. The van der Waals surface area contributed by atoms with E-state index in [1.54, 1.807) is 0 Å². The van der Waals surface area contributed by atoms with Gasteiger partial charge in [0.05, 0.1) is 0 Å². The van der Waals surface area contributed by atoms with Crippen molar-refractivity contribution < 1.29 is 0 Å². The Morgan fingerprint density at radius 1 is 0.464 bits per heavy atom. The summed E-state index contributed by atoms with van der Waals surface area (Å²) in [6.45, 7) is 0. The van der Waals surface area contributed by atoms with Gasteiger partial charge in [-0.3, -0.25) is 0 Å². The van der Waals surface area contributed by atoms with Crippen LogP contribution in [0.2, 0.25) is 0 Å². The van der Waals surface area contributed by atoms with E-state index >= 15 is 0 Å². The number of fused-ring (bicyclic) bond motifs is 6. The van der Waals surface area contributed by atoms with Crippen LogP contribution in [0.4, 0.5) is 0 Å². The smallest absolute Gasteiger partial charge is 0.0420 e. The number of benzene rings is 3. The lowest BCUT2D eigenvalue weighted by Crippen LogP contribution is -2.23. The molecule has 0 atom stereocenters. The van der Waals surface area contributed by atoms with E-state index in [4.69, 9.17) is 25.7 Å². The Bertz CT molecular complexity index is 1410. The third kappa shape index (κ3) is 1.70. The first-order valence-corrected chi connectivity index (χ1v) is 8.81. The van der Waals surface area contributed by atoms with Crippen LogP contribution in [0, 0.1) is 49.4 Å². The fourth-order valence-electron chi connectivity index (χ4n) is 4.48. The third-order valence-corrected chi connectivity index (χ3v) is 5.51. The van der Waals surface area contributed by atoms with Gasteiger partial charge in [0.2, 0.25) is 0 Å². The molecule has 0 fully saturated rings. The SMILES string of the molecule is C#CC1=c2c(C#C)c3c(c(C#C)c2-c2ccccc21)=C(C#C)c1ccccc1-3. The molecule has 28 heavy (non-hydrogen) atoms. The molecule has 2 aliphatic rings. The Hall–Kier alpha value is -4.36. The lowest BCUT2D eigenvalue weighted by atomic mass is 9.90. The Labute approximate surface area is 164 Å². The van der Waals surface area contributed by atoms with Crippen molar-refractivity contribution in [2.45, 2.75) is 0 Å². The van der Waals surface area contributed by atoms with Crippen molar-refractivity contribution in [1.29, 1.82) is 0 Å². The van der Waals surface area contributed by atoms with Gasteiger partial charge in [-0.15, -0.1) is 25.7 Å². The van der Waals surface area contributed by atoms with Crippen molar-refractivity contribution in [2.24, 2.45) is 0 Å². The Balaban J connectivity index is 2.19. The highest BCUT2D eigenvalue weighted by Gasteiger charge is 2.31. The molecular weight excluding hydrogens is 336 g/mol. The fraction of sp³-hybridized carbons (Fsp3) is 0. The van der Waals surface area contributed by atoms with Crippen molar-refractivity contribution in [1.82, 2.24) is 0 Å². The van der Waals surface area contributed by atoms with Gasteiger partial charge in [0, 0.05) is 43.8 Å². The first-order valence-electron chi connectivity index (χ1n) is 8.81. The van der Waals surface area contributed by atoms with Gasteiger partial charge in [0.15, 0.2) is 0 Å². The Morgan fingerprint density at radius 2 is 0.821 bits per heavy atom. The van der Waals surface area contributed by atoms with Crippen LogP contribution in [0.3, 0.4) is 0 Å². The summed E-state index contributed by atoms with van der Waals surface area (Å²) in [4.78, 5) is 0. The summed E-state index contributed by atoms with van der Waals surface area (Å²) in [5.41, 5.74) is 8.87. The Morgan fingerprint density at radius 3 is 1.14 bits per heavy atom. The van der Waals surface area contributed by atoms with E-state index in [0.717, 1.165) is 66.1 Å². The normalized spacial score (nSPS) is 12.0. The minimum atomic E-state index is 0.755. The molecule has 2 aliphatic carbocycles. The molecule has 0 heteroatoms. The molecule has 3 aromatic carbocycles. The minimum Gasteiger partial charge on any atom is -0.115 e. The average Bonchev–Trinajstić information content (AvgIpc) is 3.25. The second-order valence-electron chi connectivity index (χ2n) is 6.67. The van der Waals surface area contributed by atoms with Crippen molar-refractivity contribution in [3.63, 3.8) is 0 Å². The largest absolute Gasteiger partial charge is 0.115 e. The predicted octanol–water partition coefficient (Wildman–Crippen LogP) is 3.27. The highest BCUT2D eigenvalue weighted by Crippen LogP contribution is 2.39. The number of terminal acetylenes is 4. The average molecular weight is 348 g/mol. The number of hydrogen-bond donors (Lipinski definition) is 0. The van der Waals surface area contributed by atoms with E-state index < -0.39 is 0 Å². The van der Waals surface area contributed by atoms with Crippen LogP contribution in [-0.4, -0.2) is 0 Å². The van der Waals surface area contributed by atoms with Crippen molar-refractivity contribution in [2.75, 3.05) is 0 Å². The monoisotopic (exact) mass is 348 g/mol. The zero-order valence-corrected chi connectivity index (χ0v) is 14.9. The lowest BCUT2D eigenvalue weighted by molar-refractivity contribution is 1.48. The summed E-state index contributed by atoms with van der Waals surface area (Å²) in [6.07, 6.45) is 23.9. The summed E-state index contributed by atoms with van der Waals surface area (Å²) in [7, 11) is 0. The van der Waals surface area contributed by atoms with Gasteiger partial charge in [-0.2, -0.15) is 0 Å². The molecule has 0 nitrogen and oxygen atoms in total. The second-order valence-corrected chi connectivity index (χ2v) is 6.67. The van der Waals surface area contributed by atoms with Crippen LogP contribution in [-0.2, 0) is 0 Å². The van der Waals surface area contributed by atoms with Crippen LogP contribution in [0.1, 0.15) is 22.3 Å². The first-order chi connectivity index (χ1) is 13.8. The van der Waals surface area contributed by atoms with Gasteiger partial charge in [-0.05, 0) is 22.3 Å². The van der Waals surface area contributed by atoms with E-state index in [-0.39, 0.29) is 0 Å². The Kier molecular flexibility index (Phi) is 3.15. The molecule has 0 heterocycles. The molecule has 0 saturated carbocycles. The molecule has 0 spiro atoms.